The van der Waals surface area contributed by atoms with Gasteiger partial charge in [0.15, 0.2) is 5.76 Å². The lowest BCUT2D eigenvalue weighted by molar-refractivity contribution is -0.137. The van der Waals surface area contributed by atoms with Crippen molar-refractivity contribution in [2.45, 2.75) is 26.7 Å². The zero-order chi connectivity index (χ0) is 11.1. The summed E-state index contributed by atoms with van der Waals surface area (Å²) in [6.45, 7) is 4.07. The van der Waals surface area contributed by atoms with Gasteiger partial charge in [-0.1, -0.05) is 6.92 Å². The van der Waals surface area contributed by atoms with Crippen molar-refractivity contribution < 1.29 is 14.6 Å². The number of hydrogen-bond donors (Lipinski definition) is 1. The van der Waals surface area contributed by atoms with E-state index in [1.807, 2.05) is 19.4 Å². The van der Waals surface area contributed by atoms with Crippen LogP contribution in [-0.2, 0) is 20.4 Å². The Morgan fingerprint density at radius 3 is 2.29 bits per heavy atom. The number of hydrogen-bond acceptors (Lipinski definition) is 3. The molecule has 0 aliphatic carbocycles. The molecule has 3 nitrogen and oxygen atoms in total. The molecule has 0 spiro atoms. The zero-order valence-corrected chi connectivity index (χ0v) is 10.1. The van der Waals surface area contributed by atoms with Crippen molar-refractivity contribution in [3.8, 4) is 0 Å². The topological polar surface area (TPSA) is 46.5 Å². The van der Waals surface area contributed by atoms with Crippen LogP contribution in [0.3, 0.4) is 0 Å². The van der Waals surface area contributed by atoms with Crippen LogP contribution < -0.4 is 0 Å². The second kappa shape index (κ2) is 6.76. The Balaban J connectivity index is 4.74. The standard InChI is InChI=1S/C10H18O3S/c1-5-7-8(11)9(14(3)4)10(12)13-6-2/h5-7H2,1-4H3/p+1. The molecule has 0 aliphatic heterocycles. The lowest BCUT2D eigenvalue weighted by atomic mass is 10.3. The molecule has 0 heterocycles. The fraction of sp³-hybridized carbons (Fsp3) is 0.700. The highest BCUT2D eigenvalue weighted by Gasteiger charge is 2.28. The van der Waals surface area contributed by atoms with Crippen LogP contribution in [-0.4, -0.2) is 30.2 Å². The Bertz CT molecular complexity index is 221. The molecule has 0 saturated carbocycles. The predicted octanol–water partition coefficient (Wildman–Crippen LogP) is 2.00. The van der Waals surface area contributed by atoms with Crippen LogP contribution in [0.15, 0.2) is 10.7 Å². The molecule has 82 valence electrons. The van der Waals surface area contributed by atoms with Gasteiger partial charge in [0, 0.05) is 17.3 Å². The van der Waals surface area contributed by atoms with E-state index in [9.17, 15) is 9.90 Å². The number of carbonyl (C=O) groups is 1. The fourth-order valence-electron chi connectivity index (χ4n) is 1.07. The van der Waals surface area contributed by atoms with Crippen molar-refractivity contribution in [3.63, 3.8) is 0 Å². The van der Waals surface area contributed by atoms with E-state index in [2.05, 4.69) is 0 Å². The van der Waals surface area contributed by atoms with Gasteiger partial charge in [-0.25, -0.2) is 4.79 Å². The molecule has 0 fully saturated rings. The smallest absolute Gasteiger partial charge is 0.390 e. The van der Waals surface area contributed by atoms with Gasteiger partial charge in [0.1, 0.15) is 12.5 Å². The maximum atomic E-state index is 11.5. The predicted molar refractivity (Wildman–Crippen MR) is 60.4 cm³/mol. The number of aliphatic hydroxyl groups excluding tert-OH is 1. The number of ether oxygens (including phenoxy) is 1. The van der Waals surface area contributed by atoms with Gasteiger partial charge in [0.2, 0.25) is 0 Å². The van der Waals surface area contributed by atoms with Crippen LogP contribution in [0, 0.1) is 0 Å². The van der Waals surface area contributed by atoms with Crippen LogP contribution >= 0.6 is 0 Å². The molecule has 14 heavy (non-hydrogen) atoms. The summed E-state index contributed by atoms with van der Waals surface area (Å²) in [4.78, 5) is 11.9. The molecule has 0 amide bonds. The SMILES string of the molecule is CCC/C(O)=C(\C(=O)OCC)[S+](C)C. The number of allylic oxidation sites excluding steroid dienone is 1. The van der Waals surface area contributed by atoms with Crippen molar-refractivity contribution in [2.24, 2.45) is 0 Å². The van der Waals surface area contributed by atoms with Crippen molar-refractivity contribution in [1.29, 1.82) is 0 Å². The zero-order valence-electron chi connectivity index (χ0n) is 9.29. The van der Waals surface area contributed by atoms with Gasteiger partial charge in [-0.2, -0.15) is 0 Å². The third-order valence-electron chi connectivity index (χ3n) is 1.62. The van der Waals surface area contributed by atoms with Crippen LogP contribution in [0.2, 0.25) is 0 Å². The average molecular weight is 219 g/mol. The lowest BCUT2D eigenvalue weighted by Gasteiger charge is -2.05. The summed E-state index contributed by atoms with van der Waals surface area (Å²) in [6, 6.07) is 0. The van der Waals surface area contributed by atoms with Gasteiger partial charge in [-0.05, 0) is 13.3 Å². The van der Waals surface area contributed by atoms with E-state index in [1.165, 1.54) is 0 Å². The minimum absolute atomic E-state index is 0.180. The summed E-state index contributed by atoms with van der Waals surface area (Å²) in [6.07, 6.45) is 5.17. The summed E-state index contributed by atoms with van der Waals surface area (Å²) >= 11 is 0. The van der Waals surface area contributed by atoms with E-state index in [0.717, 1.165) is 6.42 Å². The van der Waals surface area contributed by atoms with Gasteiger partial charge in [-0.3, -0.25) is 0 Å². The third-order valence-corrected chi connectivity index (χ3v) is 2.84. The first kappa shape index (κ1) is 13.4. The molecule has 0 unspecified atom stereocenters. The Labute approximate surface area is 88.5 Å². The Hall–Kier alpha value is -0.640. The fourth-order valence-corrected chi connectivity index (χ4v) is 2.03. The Morgan fingerprint density at radius 2 is 1.93 bits per heavy atom. The Kier molecular flexibility index (Phi) is 6.45. The van der Waals surface area contributed by atoms with E-state index >= 15 is 0 Å². The van der Waals surface area contributed by atoms with Crippen molar-refractivity contribution in [1.82, 2.24) is 0 Å². The highest BCUT2D eigenvalue weighted by Crippen LogP contribution is 2.15. The minimum atomic E-state index is -0.383. The molecule has 0 atom stereocenters. The van der Waals surface area contributed by atoms with E-state index < -0.39 is 0 Å². The maximum absolute atomic E-state index is 11.5. The first-order chi connectivity index (χ1) is 6.54. The normalized spacial score (nSPS) is 12.6. The van der Waals surface area contributed by atoms with Gasteiger partial charge in [0.25, 0.3) is 4.91 Å². The largest absolute Gasteiger partial charge is 0.507 e. The summed E-state index contributed by atoms with van der Waals surface area (Å²) in [5.74, 6) is -0.203. The summed E-state index contributed by atoms with van der Waals surface area (Å²) < 4.78 is 4.88. The summed E-state index contributed by atoms with van der Waals surface area (Å²) in [5, 5.41) is 9.66. The number of aliphatic hydroxyl groups is 1. The van der Waals surface area contributed by atoms with Crippen molar-refractivity contribution in [2.75, 3.05) is 19.1 Å². The first-order valence-corrected chi connectivity index (χ1v) is 6.75. The molecule has 1 N–H and O–H groups in total. The van der Waals surface area contributed by atoms with Crippen LogP contribution in [0.4, 0.5) is 0 Å². The van der Waals surface area contributed by atoms with Crippen molar-refractivity contribution in [3.05, 3.63) is 10.7 Å². The number of esters is 1. The van der Waals surface area contributed by atoms with E-state index in [1.54, 1.807) is 6.92 Å². The second-order valence-corrected chi connectivity index (χ2v) is 5.10. The van der Waals surface area contributed by atoms with E-state index in [-0.39, 0.29) is 22.6 Å². The summed E-state index contributed by atoms with van der Waals surface area (Å²) in [7, 11) is -0.261. The molecule has 0 aromatic heterocycles. The molecule has 0 aromatic rings. The van der Waals surface area contributed by atoms with Gasteiger partial charge < -0.3 is 9.84 Å². The quantitative estimate of drug-likeness (QED) is 0.333. The minimum Gasteiger partial charge on any atom is -0.507 e. The molecule has 0 bridgehead atoms. The molecule has 0 aliphatic rings. The van der Waals surface area contributed by atoms with Gasteiger partial charge >= 0.3 is 5.97 Å². The highest BCUT2D eigenvalue weighted by atomic mass is 32.2. The molecule has 4 heteroatoms. The first-order valence-electron chi connectivity index (χ1n) is 4.71. The molecular formula is C10H19O3S+. The second-order valence-electron chi connectivity index (χ2n) is 3.06. The van der Waals surface area contributed by atoms with Crippen LogP contribution in [0.5, 0.6) is 0 Å². The average Bonchev–Trinajstić information content (AvgIpc) is 2.04. The molecule has 0 rings (SSSR count). The van der Waals surface area contributed by atoms with Crippen molar-refractivity contribution >= 4 is 16.9 Å². The van der Waals surface area contributed by atoms with E-state index in [4.69, 9.17) is 4.74 Å². The van der Waals surface area contributed by atoms with Crippen LogP contribution in [0.25, 0.3) is 0 Å². The third kappa shape index (κ3) is 4.05. The van der Waals surface area contributed by atoms with E-state index in [0.29, 0.717) is 17.9 Å². The number of rotatable bonds is 5. The van der Waals surface area contributed by atoms with Crippen LogP contribution in [0.1, 0.15) is 26.7 Å². The molecule has 0 aromatic carbocycles. The maximum Gasteiger partial charge on any atom is 0.390 e. The highest BCUT2D eigenvalue weighted by molar-refractivity contribution is 8.00. The summed E-state index contributed by atoms with van der Waals surface area (Å²) in [5.41, 5.74) is 0. The Morgan fingerprint density at radius 1 is 1.36 bits per heavy atom. The molecule has 0 radical (unpaired) electrons. The lowest BCUT2D eigenvalue weighted by Crippen LogP contribution is -2.17. The van der Waals surface area contributed by atoms with Gasteiger partial charge in [0.05, 0.1) is 6.61 Å². The molecule has 0 saturated heterocycles. The van der Waals surface area contributed by atoms with Gasteiger partial charge in [-0.15, -0.1) is 0 Å². The monoisotopic (exact) mass is 219 g/mol. The number of carbonyl (C=O) groups excluding carboxylic acids is 1. The molecular weight excluding hydrogens is 200 g/mol.